The predicted octanol–water partition coefficient (Wildman–Crippen LogP) is 9.03. The zero-order valence-electron chi connectivity index (χ0n) is 29.5. The van der Waals surface area contributed by atoms with Crippen molar-refractivity contribution in [3.63, 3.8) is 0 Å². The van der Waals surface area contributed by atoms with E-state index < -0.39 is 0 Å². The molecule has 7 aromatic rings. The van der Waals surface area contributed by atoms with Crippen molar-refractivity contribution in [2.24, 2.45) is 0 Å². The summed E-state index contributed by atoms with van der Waals surface area (Å²) in [4.78, 5) is 64.5. The number of para-hydroxylation sites is 4. The van der Waals surface area contributed by atoms with Crippen molar-refractivity contribution in [3.05, 3.63) is 119 Å². The second kappa shape index (κ2) is 11.6. The summed E-state index contributed by atoms with van der Waals surface area (Å²) in [6.07, 6.45) is 0. The Hall–Kier alpha value is -6.28. The van der Waals surface area contributed by atoms with Crippen molar-refractivity contribution >= 4 is 89.5 Å². The number of carbonyl (C=O) groups is 4. The van der Waals surface area contributed by atoms with Crippen molar-refractivity contribution in [2.75, 3.05) is 45.8 Å². The van der Waals surface area contributed by atoms with E-state index in [1.807, 2.05) is 97.1 Å². The molecule has 2 heterocycles. The first-order valence-electron chi connectivity index (χ1n) is 18.0. The molecule has 0 saturated heterocycles. The third-order valence-corrected chi connectivity index (χ3v) is 11.1. The van der Waals surface area contributed by atoms with Crippen LogP contribution < -0.4 is 19.6 Å². The average molecular weight is 685 g/mol. The summed E-state index contributed by atoms with van der Waals surface area (Å²) in [7, 11) is 0. The molecule has 2 aliphatic heterocycles. The topological polar surface area (TPSA) is 81.2 Å². The Labute approximate surface area is 300 Å². The fourth-order valence-corrected chi connectivity index (χ4v) is 8.68. The van der Waals surface area contributed by atoms with E-state index in [4.69, 9.17) is 0 Å². The molecule has 0 N–H and O–H groups in total. The molecule has 8 nitrogen and oxygen atoms in total. The zero-order valence-corrected chi connectivity index (χ0v) is 29.5. The minimum absolute atomic E-state index is 0.363. The lowest BCUT2D eigenvalue weighted by atomic mass is 9.82. The smallest absolute Gasteiger partial charge is 0.266 e. The average Bonchev–Trinajstić information content (AvgIpc) is 3.17. The molecule has 0 saturated carbocycles. The lowest BCUT2D eigenvalue weighted by Gasteiger charge is -2.33. The highest BCUT2D eigenvalue weighted by Crippen LogP contribution is 2.48. The first kappa shape index (κ1) is 31.7. The second-order valence-electron chi connectivity index (χ2n) is 13.4. The third-order valence-electron chi connectivity index (χ3n) is 11.1. The van der Waals surface area contributed by atoms with Crippen LogP contribution in [0.4, 0.5) is 22.7 Å². The first-order chi connectivity index (χ1) is 25.3. The Kier molecular flexibility index (Phi) is 7.09. The highest BCUT2D eigenvalue weighted by molar-refractivity contribution is 6.45. The predicted molar refractivity (Wildman–Crippen MR) is 210 cm³/mol. The minimum atomic E-state index is -0.363. The monoisotopic (exact) mass is 684 g/mol. The summed E-state index contributed by atoms with van der Waals surface area (Å²) < 4.78 is 0. The number of hydrogen-bond acceptors (Lipinski definition) is 6. The molecular formula is C44H36N4O4. The number of hydrogen-bond donors (Lipinski definition) is 0. The van der Waals surface area contributed by atoms with Crippen molar-refractivity contribution in [1.82, 2.24) is 0 Å². The lowest BCUT2D eigenvalue weighted by Crippen LogP contribution is -2.41. The molecule has 0 aliphatic carbocycles. The number of anilines is 4. The SMILES string of the molecule is CCN(CC)c1ccccc1N1C(=O)c2ccc3c4ccc5c6c(ccc(c7ccc(c2c37)C1=O)c64)C(=O)N(c1ccccc1N(CC)CC)C5=O. The molecule has 0 aromatic heterocycles. The van der Waals surface area contributed by atoms with Gasteiger partial charge in [-0.1, -0.05) is 48.5 Å². The van der Waals surface area contributed by atoms with E-state index in [9.17, 15) is 19.2 Å². The van der Waals surface area contributed by atoms with Crippen molar-refractivity contribution < 1.29 is 19.2 Å². The number of rotatable bonds is 8. The maximum absolute atomic E-state index is 14.4. The summed E-state index contributed by atoms with van der Waals surface area (Å²) in [5, 5.41) is 6.35. The third kappa shape index (κ3) is 4.09. The highest BCUT2D eigenvalue weighted by atomic mass is 16.2. The van der Waals surface area contributed by atoms with Gasteiger partial charge in [0.15, 0.2) is 0 Å². The molecule has 256 valence electrons. The number of benzene rings is 7. The van der Waals surface area contributed by atoms with E-state index >= 15 is 0 Å². The number of carbonyl (C=O) groups excluding carboxylic acids is 4. The molecule has 0 unspecified atom stereocenters. The van der Waals surface area contributed by atoms with Gasteiger partial charge >= 0.3 is 0 Å². The zero-order chi connectivity index (χ0) is 36.0. The van der Waals surface area contributed by atoms with Gasteiger partial charge in [-0.3, -0.25) is 19.2 Å². The van der Waals surface area contributed by atoms with E-state index in [1.54, 1.807) is 0 Å². The molecule has 8 heteroatoms. The van der Waals surface area contributed by atoms with Crippen LogP contribution >= 0.6 is 0 Å². The Balaban J connectivity index is 1.25. The molecule has 2 aliphatic rings. The van der Waals surface area contributed by atoms with Gasteiger partial charge in [0.25, 0.3) is 23.6 Å². The molecule has 0 radical (unpaired) electrons. The first-order valence-corrected chi connectivity index (χ1v) is 18.0. The number of imide groups is 2. The molecule has 9 rings (SSSR count). The Morgan fingerprint density at radius 3 is 0.962 bits per heavy atom. The highest BCUT2D eigenvalue weighted by Gasteiger charge is 2.39. The summed E-state index contributed by atoms with van der Waals surface area (Å²) in [5.74, 6) is -1.45. The van der Waals surface area contributed by atoms with E-state index in [2.05, 4.69) is 37.5 Å². The number of nitrogens with zero attached hydrogens (tertiary/aromatic N) is 4. The van der Waals surface area contributed by atoms with Crippen LogP contribution in [0.3, 0.4) is 0 Å². The van der Waals surface area contributed by atoms with Gasteiger partial charge in [0.1, 0.15) is 0 Å². The fourth-order valence-electron chi connectivity index (χ4n) is 8.68. The van der Waals surface area contributed by atoms with E-state index in [1.165, 1.54) is 9.80 Å². The van der Waals surface area contributed by atoms with E-state index in [-0.39, 0.29) is 23.6 Å². The summed E-state index contributed by atoms with van der Waals surface area (Å²) in [6, 6.07) is 30.2. The van der Waals surface area contributed by atoms with Crippen molar-refractivity contribution in [1.29, 1.82) is 0 Å². The van der Waals surface area contributed by atoms with E-state index in [0.717, 1.165) is 69.9 Å². The summed E-state index contributed by atoms with van der Waals surface area (Å²) in [5.41, 5.74) is 4.64. The van der Waals surface area contributed by atoms with Crippen LogP contribution in [0.1, 0.15) is 69.1 Å². The lowest BCUT2D eigenvalue weighted by molar-refractivity contribution is 0.0878. The molecule has 0 spiro atoms. The normalized spacial score (nSPS) is 14.2. The van der Waals surface area contributed by atoms with Crippen LogP contribution in [0.5, 0.6) is 0 Å². The van der Waals surface area contributed by atoms with Crippen LogP contribution in [0.15, 0.2) is 97.1 Å². The molecular weight excluding hydrogens is 649 g/mol. The standard InChI is InChI=1S/C44H36N4O4/c1-5-45(6-2)33-13-9-11-15-35(33)47-41(49)29-21-17-25-27-19-23-31-40-32(24-20-28(38(27)40)26-18-22-30(42(47)50)39(29)37(25)26)44(52)48(43(31)51)36-16-12-10-14-34(36)46(7-3)8-4/h9-24H,5-8H2,1-4H3. The fraction of sp³-hybridized carbons (Fsp3) is 0.182. The van der Waals surface area contributed by atoms with Crippen molar-refractivity contribution in [3.8, 4) is 0 Å². The minimum Gasteiger partial charge on any atom is -0.370 e. The van der Waals surface area contributed by atoms with Gasteiger partial charge in [-0.25, -0.2) is 9.80 Å². The van der Waals surface area contributed by atoms with Crippen LogP contribution in [-0.4, -0.2) is 49.8 Å². The number of fused-ring (bicyclic) bond motifs is 2. The number of amides is 4. The maximum atomic E-state index is 14.4. The molecule has 52 heavy (non-hydrogen) atoms. The van der Waals surface area contributed by atoms with Gasteiger partial charge < -0.3 is 9.80 Å². The van der Waals surface area contributed by atoms with Crippen molar-refractivity contribution in [2.45, 2.75) is 27.7 Å². The van der Waals surface area contributed by atoms with Crippen LogP contribution in [0, 0.1) is 0 Å². The van der Waals surface area contributed by atoms with Crippen LogP contribution in [-0.2, 0) is 0 Å². The maximum Gasteiger partial charge on any atom is 0.266 e. The van der Waals surface area contributed by atoms with Gasteiger partial charge in [0.2, 0.25) is 0 Å². The van der Waals surface area contributed by atoms with Gasteiger partial charge in [-0.05, 0) is 109 Å². The molecule has 0 fully saturated rings. The van der Waals surface area contributed by atoms with Gasteiger partial charge in [0, 0.05) is 59.2 Å². The molecule has 0 bridgehead atoms. The second-order valence-corrected chi connectivity index (χ2v) is 13.4. The van der Waals surface area contributed by atoms with Gasteiger partial charge in [0.05, 0.1) is 22.7 Å². The largest absolute Gasteiger partial charge is 0.370 e. The molecule has 0 atom stereocenters. The Morgan fingerprint density at radius 1 is 0.385 bits per heavy atom. The van der Waals surface area contributed by atoms with Crippen LogP contribution in [0.25, 0.3) is 43.1 Å². The van der Waals surface area contributed by atoms with Gasteiger partial charge in [-0.15, -0.1) is 0 Å². The quantitative estimate of drug-likeness (QED) is 0.0903. The Morgan fingerprint density at radius 2 is 0.673 bits per heavy atom. The van der Waals surface area contributed by atoms with Gasteiger partial charge in [-0.2, -0.15) is 0 Å². The molecule has 7 aromatic carbocycles. The van der Waals surface area contributed by atoms with E-state index in [0.29, 0.717) is 44.4 Å². The van der Waals surface area contributed by atoms with Crippen LogP contribution in [0.2, 0.25) is 0 Å². The molecule has 4 amide bonds. The summed E-state index contributed by atoms with van der Waals surface area (Å²) >= 11 is 0. The summed E-state index contributed by atoms with van der Waals surface area (Å²) in [6.45, 7) is 11.1. The Bertz CT molecular complexity index is 2390.